The fourth-order valence-corrected chi connectivity index (χ4v) is 3.86. The lowest BCUT2D eigenvalue weighted by Crippen LogP contribution is -2.21. The molecule has 1 aromatic heterocycles. The van der Waals surface area contributed by atoms with Crippen LogP contribution in [0, 0.1) is 20.8 Å². The first-order valence-electron chi connectivity index (χ1n) is 7.90. The van der Waals surface area contributed by atoms with Crippen molar-refractivity contribution in [3.05, 3.63) is 81.1 Å². The van der Waals surface area contributed by atoms with Gasteiger partial charge in [-0.2, -0.15) is 0 Å². The average Bonchev–Trinajstić information content (AvgIpc) is 2.92. The van der Waals surface area contributed by atoms with Crippen LogP contribution in [0.2, 0.25) is 0 Å². The first kappa shape index (κ1) is 15.8. The van der Waals surface area contributed by atoms with Crippen molar-refractivity contribution in [2.45, 2.75) is 33.7 Å². The van der Waals surface area contributed by atoms with Crippen LogP contribution >= 0.6 is 11.3 Å². The summed E-state index contributed by atoms with van der Waals surface area (Å²) in [6.45, 7) is 8.63. The van der Waals surface area contributed by atoms with Gasteiger partial charge in [-0.3, -0.25) is 0 Å². The van der Waals surface area contributed by atoms with Crippen LogP contribution in [0.1, 0.15) is 35.3 Å². The Kier molecular flexibility index (Phi) is 4.49. The van der Waals surface area contributed by atoms with Crippen LogP contribution in [0.15, 0.2) is 58.9 Å². The number of nitrogens with zero attached hydrogens (tertiary/aromatic N) is 2. The van der Waals surface area contributed by atoms with Crippen molar-refractivity contribution in [3.63, 3.8) is 0 Å². The molecule has 23 heavy (non-hydrogen) atoms. The largest absolute Gasteiger partial charge is 0.314 e. The van der Waals surface area contributed by atoms with Gasteiger partial charge in [-0.05, 0) is 44.4 Å². The van der Waals surface area contributed by atoms with E-state index < -0.39 is 0 Å². The predicted molar refractivity (Wildman–Crippen MR) is 98.4 cm³/mol. The standard InChI is InChI=1S/C20H22N2S/c1-14-9-8-10-15(2)19(14)21-20-22(16(3)13-23-20)17(4)18-11-6-5-7-12-18/h5-13,17H,1-4H3. The van der Waals surface area contributed by atoms with Gasteiger partial charge < -0.3 is 4.57 Å². The molecule has 0 bridgehead atoms. The summed E-state index contributed by atoms with van der Waals surface area (Å²) in [6, 6.07) is 17.2. The number of aryl methyl sites for hydroxylation is 3. The third kappa shape index (κ3) is 3.15. The van der Waals surface area contributed by atoms with Crippen LogP contribution in [0.3, 0.4) is 0 Å². The Morgan fingerprint density at radius 1 is 0.913 bits per heavy atom. The molecule has 2 aromatic carbocycles. The maximum absolute atomic E-state index is 4.99. The first-order valence-corrected chi connectivity index (χ1v) is 8.78. The van der Waals surface area contributed by atoms with Gasteiger partial charge in [0.15, 0.2) is 4.80 Å². The average molecular weight is 322 g/mol. The van der Waals surface area contributed by atoms with Gasteiger partial charge >= 0.3 is 0 Å². The summed E-state index contributed by atoms with van der Waals surface area (Å²) < 4.78 is 2.33. The highest BCUT2D eigenvalue weighted by Gasteiger charge is 2.12. The molecule has 1 unspecified atom stereocenters. The lowest BCUT2D eigenvalue weighted by Gasteiger charge is -2.16. The molecule has 0 amide bonds. The zero-order chi connectivity index (χ0) is 16.4. The van der Waals surface area contributed by atoms with Gasteiger partial charge in [-0.25, -0.2) is 4.99 Å². The Labute approximate surface area is 141 Å². The summed E-state index contributed by atoms with van der Waals surface area (Å²) >= 11 is 1.71. The Morgan fingerprint density at radius 2 is 1.57 bits per heavy atom. The zero-order valence-electron chi connectivity index (χ0n) is 14.1. The molecule has 1 atom stereocenters. The quantitative estimate of drug-likeness (QED) is 0.621. The third-order valence-electron chi connectivity index (χ3n) is 4.24. The molecule has 0 saturated carbocycles. The summed E-state index contributed by atoms with van der Waals surface area (Å²) in [5, 5.41) is 2.19. The first-order chi connectivity index (χ1) is 11.1. The SMILES string of the molecule is Cc1cccc(C)c1N=c1scc(C)n1C(C)c1ccccc1. The Balaban J connectivity index is 2.15. The van der Waals surface area contributed by atoms with E-state index in [9.17, 15) is 0 Å². The van der Waals surface area contributed by atoms with Crippen molar-refractivity contribution in [1.29, 1.82) is 0 Å². The van der Waals surface area contributed by atoms with E-state index in [1.807, 2.05) is 0 Å². The van der Waals surface area contributed by atoms with Gasteiger partial charge in [-0.1, -0.05) is 48.5 Å². The van der Waals surface area contributed by atoms with Crippen molar-refractivity contribution in [2.75, 3.05) is 0 Å². The monoisotopic (exact) mass is 322 g/mol. The Hall–Kier alpha value is -2.13. The maximum Gasteiger partial charge on any atom is 0.190 e. The summed E-state index contributed by atoms with van der Waals surface area (Å²) in [7, 11) is 0. The smallest absolute Gasteiger partial charge is 0.190 e. The molecular weight excluding hydrogens is 300 g/mol. The highest BCUT2D eigenvalue weighted by molar-refractivity contribution is 7.07. The van der Waals surface area contributed by atoms with Gasteiger partial charge in [0.1, 0.15) is 0 Å². The summed E-state index contributed by atoms with van der Waals surface area (Å²) in [5.74, 6) is 0. The Bertz CT molecular complexity index is 852. The normalized spacial score (nSPS) is 13.3. The van der Waals surface area contributed by atoms with Crippen molar-refractivity contribution in [2.24, 2.45) is 4.99 Å². The van der Waals surface area contributed by atoms with Crippen molar-refractivity contribution < 1.29 is 0 Å². The van der Waals surface area contributed by atoms with E-state index in [0.29, 0.717) is 0 Å². The van der Waals surface area contributed by atoms with Crippen LogP contribution in [0.25, 0.3) is 0 Å². The molecule has 0 N–H and O–H groups in total. The molecule has 0 saturated heterocycles. The number of rotatable bonds is 3. The minimum atomic E-state index is 0.269. The molecule has 0 fully saturated rings. The van der Waals surface area contributed by atoms with Crippen LogP contribution in [0.5, 0.6) is 0 Å². The van der Waals surface area contributed by atoms with Gasteiger partial charge in [0.25, 0.3) is 0 Å². The zero-order valence-corrected chi connectivity index (χ0v) is 14.9. The van der Waals surface area contributed by atoms with Crippen LogP contribution < -0.4 is 4.80 Å². The lowest BCUT2D eigenvalue weighted by atomic mass is 10.1. The fourth-order valence-electron chi connectivity index (χ4n) is 2.91. The summed E-state index contributed by atoms with van der Waals surface area (Å²) in [5.41, 5.74) is 6.07. The maximum atomic E-state index is 4.99. The molecule has 0 aliphatic heterocycles. The predicted octanol–water partition coefficient (Wildman–Crippen LogP) is 5.32. The van der Waals surface area contributed by atoms with Gasteiger partial charge in [0.05, 0.1) is 11.7 Å². The lowest BCUT2D eigenvalue weighted by molar-refractivity contribution is 0.605. The third-order valence-corrected chi connectivity index (χ3v) is 5.19. The highest BCUT2D eigenvalue weighted by Crippen LogP contribution is 2.24. The second kappa shape index (κ2) is 6.55. The minimum Gasteiger partial charge on any atom is -0.314 e. The van der Waals surface area contributed by atoms with Gasteiger partial charge in [0.2, 0.25) is 0 Å². The molecule has 2 nitrogen and oxygen atoms in total. The molecule has 0 spiro atoms. The van der Waals surface area contributed by atoms with E-state index in [2.05, 4.69) is 86.2 Å². The minimum absolute atomic E-state index is 0.269. The van der Waals surface area contributed by atoms with Crippen molar-refractivity contribution in [1.82, 2.24) is 4.57 Å². The molecule has 1 heterocycles. The number of para-hydroxylation sites is 1. The molecule has 3 aromatic rings. The number of hydrogen-bond donors (Lipinski definition) is 0. The number of hydrogen-bond acceptors (Lipinski definition) is 2. The van der Waals surface area contributed by atoms with Crippen LogP contribution in [-0.4, -0.2) is 4.57 Å². The highest BCUT2D eigenvalue weighted by atomic mass is 32.1. The fraction of sp³-hybridized carbons (Fsp3) is 0.250. The van der Waals surface area contributed by atoms with Crippen LogP contribution in [0.4, 0.5) is 5.69 Å². The molecule has 0 aliphatic rings. The molecule has 3 rings (SSSR count). The van der Waals surface area contributed by atoms with E-state index in [1.54, 1.807) is 11.3 Å². The van der Waals surface area contributed by atoms with E-state index in [1.165, 1.54) is 22.4 Å². The van der Waals surface area contributed by atoms with E-state index in [4.69, 9.17) is 4.99 Å². The number of benzene rings is 2. The van der Waals surface area contributed by atoms with Crippen molar-refractivity contribution in [3.8, 4) is 0 Å². The molecule has 118 valence electrons. The van der Waals surface area contributed by atoms with E-state index in [-0.39, 0.29) is 6.04 Å². The second-order valence-electron chi connectivity index (χ2n) is 5.97. The molecule has 0 radical (unpaired) electrons. The van der Waals surface area contributed by atoms with E-state index in [0.717, 1.165) is 10.5 Å². The molecule has 0 aliphatic carbocycles. The topological polar surface area (TPSA) is 17.3 Å². The number of thiazole rings is 1. The van der Waals surface area contributed by atoms with Gasteiger partial charge in [0, 0.05) is 11.1 Å². The van der Waals surface area contributed by atoms with E-state index >= 15 is 0 Å². The number of aromatic nitrogens is 1. The second-order valence-corrected chi connectivity index (χ2v) is 6.81. The van der Waals surface area contributed by atoms with Crippen LogP contribution in [-0.2, 0) is 0 Å². The summed E-state index contributed by atoms with van der Waals surface area (Å²) in [4.78, 5) is 6.04. The molecular formula is C20H22N2S. The van der Waals surface area contributed by atoms with Crippen molar-refractivity contribution >= 4 is 17.0 Å². The van der Waals surface area contributed by atoms with Gasteiger partial charge in [-0.15, -0.1) is 11.3 Å². The molecule has 3 heteroatoms. The Morgan fingerprint density at radius 3 is 2.22 bits per heavy atom. The summed E-state index contributed by atoms with van der Waals surface area (Å²) in [6.07, 6.45) is 0.